The van der Waals surface area contributed by atoms with Gasteiger partial charge in [-0.25, -0.2) is 4.39 Å². The molecule has 1 atom stereocenters. The predicted octanol–water partition coefficient (Wildman–Crippen LogP) is 4.91. The Labute approximate surface area is 121 Å². The van der Waals surface area contributed by atoms with Crippen LogP contribution in [-0.2, 0) is 0 Å². The summed E-state index contributed by atoms with van der Waals surface area (Å²) in [6, 6.07) is 11.1. The smallest absolute Gasteiger partial charge is 0.387 e. The van der Waals surface area contributed by atoms with Gasteiger partial charge in [-0.05, 0) is 43.2 Å². The first-order valence-corrected chi connectivity index (χ1v) is 6.53. The lowest BCUT2D eigenvalue weighted by molar-refractivity contribution is -0.0498. The van der Waals surface area contributed by atoms with Gasteiger partial charge >= 0.3 is 6.61 Å². The van der Waals surface area contributed by atoms with Crippen molar-refractivity contribution in [2.75, 3.05) is 5.32 Å². The maximum atomic E-state index is 13.6. The maximum absolute atomic E-state index is 13.6. The number of ether oxygens (including phenoxy) is 1. The minimum atomic E-state index is -2.86. The highest BCUT2D eigenvalue weighted by Gasteiger charge is 2.09. The van der Waals surface area contributed by atoms with Gasteiger partial charge in [0.1, 0.15) is 11.6 Å². The number of alkyl halides is 2. The molecule has 0 saturated heterocycles. The van der Waals surface area contributed by atoms with Gasteiger partial charge in [0, 0.05) is 17.8 Å². The minimum Gasteiger partial charge on any atom is -0.435 e. The molecular formula is C16H16F3NO. The van der Waals surface area contributed by atoms with E-state index in [1.54, 1.807) is 25.1 Å². The Kier molecular flexibility index (Phi) is 4.73. The molecule has 2 aromatic carbocycles. The molecule has 0 aromatic heterocycles. The van der Waals surface area contributed by atoms with Crippen molar-refractivity contribution >= 4 is 5.69 Å². The number of aryl methyl sites for hydroxylation is 1. The van der Waals surface area contributed by atoms with Crippen LogP contribution in [-0.4, -0.2) is 6.61 Å². The van der Waals surface area contributed by atoms with E-state index in [1.165, 1.54) is 18.2 Å². The fraction of sp³-hybridized carbons (Fsp3) is 0.250. The van der Waals surface area contributed by atoms with Crippen LogP contribution >= 0.6 is 0 Å². The summed E-state index contributed by atoms with van der Waals surface area (Å²) >= 11 is 0. The Bertz CT molecular complexity index is 616. The first-order valence-electron chi connectivity index (χ1n) is 6.53. The van der Waals surface area contributed by atoms with Crippen molar-refractivity contribution in [3.8, 4) is 5.75 Å². The molecule has 2 nitrogen and oxygen atoms in total. The van der Waals surface area contributed by atoms with E-state index in [0.29, 0.717) is 11.3 Å². The van der Waals surface area contributed by atoms with E-state index < -0.39 is 6.61 Å². The fourth-order valence-electron chi connectivity index (χ4n) is 1.97. The van der Waals surface area contributed by atoms with E-state index in [-0.39, 0.29) is 17.6 Å². The second kappa shape index (κ2) is 6.52. The Morgan fingerprint density at radius 3 is 2.52 bits per heavy atom. The van der Waals surface area contributed by atoms with Gasteiger partial charge in [-0.15, -0.1) is 0 Å². The number of hydrogen-bond acceptors (Lipinski definition) is 2. The van der Waals surface area contributed by atoms with E-state index in [2.05, 4.69) is 10.1 Å². The van der Waals surface area contributed by atoms with Gasteiger partial charge in [0.2, 0.25) is 0 Å². The summed E-state index contributed by atoms with van der Waals surface area (Å²) in [5.74, 6) is -0.187. The van der Waals surface area contributed by atoms with E-state index in [1.807, 2.05) is 13.0 Å². The van der Waals surface area contributed by atoms with Gasteiger partial charge in [-0.3, -0.25) is 0 Å². The molecule has 0 radical (unpaired) electrons. The second-order valence-corrected chi connectivity index (χ2v) is 4.78. The third kappa shape index (κ3) is 4.15. The molecule has 2 rings (SSSR count). The van der Waals surface area contributed by atoms with Crippen LogP contribution in [0.5, 0.6) is 5.75 Å². The second-order valence-electron chi connectivity index (χ2n) is 4.78. The molecule has 0 aliphatic rings. The van der Waals surface area contributed by atoms with Crippen molar-refractivity contribution in [1.82, 2.24) is 0 Å². The highest BCUT2D eigenvalue weighted by Crippen LogP contribution is 2.24. The number of halogens is 3. The quantitative estimate of drug-likeness (QED) is 0.846. The number of nitrogens with one attached hydrogen (secondary N) is 1. The largest absolute Gasteiger partial charge is 0.435 e. The van der Waals surface area contributed by atoms with Crippen molar-refractivity contribution in [1.29, 1.82) is 0 Å². The highest BCUT2D eigenvalue weighted by atomic mass is 19.3. The van der Waals surface area contributed by atoms with E-state index >= 15 is 0 Å². The van der Waals surface area contributed by atoms with Crippen molar-refractivity contribution in [3.05, 3.63) is 59.4 Å². The van der Waals surface area contributed by atoms with Crippen LogP contribution in [0.2, 0.25) is 0 Å². The summed E-state index contributed by atoms with van der Waals surface area (Å²) in [6.07, 6.45) is 0. The van der Waals surface area contributed by atoms with Gasteiger partial charge in [-0.1, -0.05) is 18.2 Å². The first-order chi connectivity index (χ1) is 9.95. The zero-order valence-electron chi connectivity index (χ0n) is 11.7. The predicted molar refractivity (Wildman–Crippen MR) is 76.2 cm³/mol. The molecule has 1 unspecified atom stereocenters. The Morgan fingerprint density at radius 2 is 1.86 bits per heavy atom. The average molecular weight is 295 g/mol. The van der Waals surface area contributed by atoms with Crippen LogP contribution in [0.4, 0.5) is 18.9 Å². The zero-order chi connectivity index (χ0) is 15.4. The molecule has 0 bridgehead atoms. The number of anilines is 1. The van der Waals surface area contributed by atoms with Crippen LogP contribution in [0, 0.1) is 12.7 Å². The van der Waals surface area contributed by atoms with Crippen molar-refractivity contribution in [3.63, 3.8) is 0 Å². The lowest BCUT2D eigenvalue weighted by atomic mass is 10.1. The lowest BCUT2D eigenvalue weighted by Crippen LogP contribution is -2.08. The van der Waals surface area contributed by atoms with Crippen LogP contribution in [0.3, 0.4) is 0 Å². The summed E-state index contributed by atoms with van der Waals surface area (Å²) in [6.45, 7) is 0.705. The van der Waals surface area contributed by atoms with Gasteiger partial charge in [0.05, 0.1) is 0 Å². The summed E-state index contributed by atoms with van der Waals surface area (Å²) in [5, 5.41) is 3.13. The Hall–Kier alpha value is -2.17. The summed E-state index contributed by atoms with van der Waals surface area (Å²) in [7, 11) is 0. The molecule has 21 heavy (non-hydrogen) atoms. The number of benzene rings is 2. The molecule has 0 saturated carbocycles. The SMILES string of the molecule is Cc1ccc(C(C)Nc2cccc(OC(F)F)c2)cc1F. The maximum Gasteiger partial charge on any atom is 0.387 e. The molecule has 0 spiro atoms. The van der Waals surface area contributed by atoms with Crippen LogP contribution in [0.15, 0.2) is 42.5 Å². The molecule has 0 heterocycles. The summed E-state index contributed by atoms with van der Waals surface area (Å²) in [4.78, 5) is 0. The Morgan fingerprint density at radius 1 is 1.10 bits per heavy atom. The van der Waals surface area contributed by atoms with E-state index in [9.17, 15) is 13.2 Å². The topological polar surface area (TPSA) is 21.3 Å². The van der Waals surface area contributed by atoms with E-state index in [0.717, 1.165) is 5.56 Å². The third-order valence-corrected chi connectivity index (χ3v) is 3.14. The average Bonchev–Trinajstić information content (AvgIpc) is 2.41. The molecule has 0 aliphatic carbocycles. The fourth-order valence-corrected chi connectivity index (χ4v) is 1.97. The molecule has 1 N–H and O–H groups in total. The van der Waals surface area contributed by atoms with Crippen molar-refractivity contribution in [2.45, 2.75) is 26.5 Å². The van der Waals surface area contributed by atoms with Crippen molar-refractivity contribution in [2.24, 2.45) is 0 Å². The Balaban J connectivity index is 2.11. The summed E-state index contributed by atoms with van der Waals surface area (Å²) < 4.78 is 42.3. The monoisotopic (exact) mass is 295 g/mol. The molecular weight excluding hydrogens is 279 g/mol. The van der Waals surface area contributed by atoms with Crippen LogP contribution in [0.25, 0.3) is 0 Å². The molecule has 0 amide bonds. The minimum absolute atomic E-state index is 0.0808. The molecule has 0 fully saturated rings. The highest BCUT2D eigenvalue weighted by molar-refractivity contribution is 5.50. The van der Waals surface area contributed by atoms with E-state index in [4.69, 9.17) is 0 Å². The molecule has 0 aliphatic heterocycles. The van der Waals surface area contributed by atoms with Gasteiger partial charge in [0.25, 0.3) is 0 Å². The normalized spacial score (nSPS) is 12.3. The molecule has 5 heteroatoms. The summed E-state index contributed by atoms with van der Waals surface area (Å²) in [5.41, 5.74) is 1.98. The molecule has 112 valence electrons. The van der Waals surface area contributed by atoms with Gasteiger partial charge < -0.3 is 10.1 Å². The first kappa shape index (κ1) is 15.2. The zero-order valence-corrected chi connectivity index (χ0v) is 11.7. The van der Waals surface area contributed by atoms with Gasteiger partial charge in [0.15, 0.2) is 0 Å². The van der Waals surface area contributed by atoms with Crippen molar-refractivity contribution < 1.29 is 17.9 Å². The van der Waals surface area contributed by atoms with Gasteiger partial charge in [-0.2, -0.15) is 8.78 Å². The van der Waals surface area contributed by atoms with Crippen LogP contribution < -0.4 is 10.1 Å². The van der Waals surface area contributed by atoms with Crippen LogP contribution in [0.1, 0.15) is 24.1 Å². The third-order valence-electron chi connectivity index (χ3n) is 3.14. The number of rotatable bonds is 5. The number of hydrogen-bond donors (Lipinski definition) is 1. The lowest BCUT2D eigenvalue weighted by Gasteiger charge is -2.17. The standard InChI is InChI=1S/C16H16F3NO/c1-10-6-7-12(8-15(10)17)11(2)20-13-4-3-5-14(9-13)21-16(18)19/h3-9,11,16,20H,1-2H3. The molecule has 2 aromatic rings.